The number of ether oxygens (including phenoxy) is 5. The van der Waals surface area contributed by atoms with E-state index in [9.17, 15) is 35.4 Å². The maximum Gasteiger partial charge on any atom is 0.312 e. The van der Waals surface area contributed by atoms with Gasteiger partial charge < -0.3 is 54.3 Å². The topological polar surface area (TPSA) is 185 Å². The number of unbranched alkanes of at least 4 members (excludes halogenated alkanes) is 3. The second-order valence-electron chi connectivity index (χ2n) is 22.6. The monoisotopic (exact) mass is 849 g/mol. The highest BCUT2D eigenvalue weighted by Crippen LogP contribution is 2.76. The molecule has 5 aliphatic carbocycles. The maximum atomic E-state index is 14.5. The molecular weight excluding hydrogens is 769 g/mol. The van der Waals surface area contributed by atoms with Gasteiger partial charge in [0.2, 0.25) is 0 Å². The van der Waals surface area contributed by atoms with Gasteiger partial charge in [-0.05, 0) is 142 Å². The van der Waals surface area contributed by atoms with Crippen LogP contribution in [0.1, 0.15) is 152 Å². The van der Waals surface area contributed by atoms with Gasteiger partial charge in [0.1, 0.15) is 36.6 Å². The lowest BCUT2D eigenvalue weighted by Gasteiger charge is -2.71. The lowest BCUT2D eigenvalue weighted by molar-refractivity contribution is -0.324. The molecular formula is C48H80O12. The van der Waals surface area contributed by atoms with E-state index in [2.05, 4.69) is 54.5 Å². The van der Waals surface area contributed by atoms with Crippen LogP contribution in [0.25, 0.3) is 0 Å². The molecule has 2 heterocycles. The molecule has 4 saturated carbocycles. The van der Waals surface area contributed by atoms with Crippen molar-refractivity contribution in [2.75, 3.05) is 13.2 Å². The van der Waals surface area contributed by atoms with E-state index in [0.29, 0.717) is 25.0 Å². The lowest BCUT2D eigenvalue weighted by Crippen LogP contribution is -2.66. The first kappa shape index (κ1) is 46.8. The second-order valence-corrected chi connectivity index (χ2v) is 22.6. The van der Waals surface area contributed by atoms with Crippen LogP contribution < -0.4 is 0 Å². The zero-order valence-electron chi connectivity index (χ0n) is 38.1. The van der Waals surface area contributed by atoms with Crippen molar-refractivity contribution >= 4 is 5.97 Å². The first-order valence-electron chi connectivity index (χ1n) is 23.6. The molecule has 0 bridgehead atoms. The highest BCUT2D eigenvalue weighted by atomic mass is 16.7. The van der Waals surface area contributed by atoms with Gasteiger partial charge in [-0.1, -0.05) is 66.5 Å². The smallest absolute Gasteiger partial charge is 0.312 e. The normalized spacial score (nSPS) is 49.7. The van der Waals surface area contributed by atoms with Crippen LogP contribution in [0.5, 0.6) is 0 Å². The van der Waals surface area contributed by atoms with Crippen molar-refractivity contribution in [1.29, 1.82) is 0 Å². The molecule has 60 heavy (non-hydrogen) atoms. The summed E-state index contributed by atoms with van der Waals surface area (Å²) in [6.07, 6.45) is 4.59. The van der Waals surface area contributed by atoms with Crippen LogP contribution in [0.3, 0.4) is 0 Å². The highest BCUT2D eigenvalue weighted by molar-refractivity contribution is 5.78. The third-order valence-corrected chi connectivity index (χ3v) is 18.5. The van der Waals surface area contributed by atoms with Gasteiger partial charge in [0, 0.05) is 6.61 Å². The van der Waals surface area contributed by atoms with E-state index < -0.39 is 66.8 Å². The Labute approximate surface area is 359 Å². The fourth-order valence-corrected chi connectivity index (χ4v) is 14.3. The van der Waals surface area contributed by atoms with E-state index >= 15 is 0 Å². The number of carbonyl (C=O) groups is 1. The Morgan fingerprint density at radius 2 is 1.28 bits per heavy atom. The minimum absolute atomic E-state index is 0.0147. The van der Waals surface area contributed by atoms with Gasteiger partial charge in [-0.3, -0.25) is 4.79 Å². The number of hydrogen-bond acceptors (Lipinski definition) is 12. The summed E-state index contributed by atoms with van der Waals surface area (Å²) in [7, 11) is 0. The molecule has 0 spiro atoms. The van der Waals surface area contributed by atoms with Crippen molar-refractivity contribution in [2.24, 2.45) is 50.2 Å². The molecule has 0 unspecified atom stereocenters. The Bertz CT molecular complexity index is 1570. The van der Waals surface area contributed by atoms with Gasteiger partial charge in [0.05, 0.1) is 30.3 Å². The van der Waals surface area contributed by atoms with Crippen LogP contribution in [-0.4, -0.2) is 117 Å². The number of allylic oxidation sites excluding steroid dienone is 2. The molecule has 6 fully saturated rings. The molecule has 6 N–H and O–H groups in total. The molecule has 7 aliphatic rings. The van der Waals surface area contributed by atoms with Crippen molar-refractivity contribution in [3.63, 3.8) is 0 Å². The summed E-state index contributed by atoms with van der Waals surface area (Å²) in [5.74, 6) is 1.00. The molecule has 344 valence electrons. The number of carbonyl (C=O) groups excluding carboxylic acids is 1. The van der Waals surface area contributed by atoms with Crippen LogP contribution >= 0.6 is 0 Å². The number of rotatable bonds is 11. The largest absolute Gasteiger partial charge is 0.465 e. The first-order valence-corrected chi connectivity index (χ1v) is 23.6. The van der Waals surface area contributed by atoms with Crippen LogP contribution in [-0.2, 0) is 28.5 Å². The lowest BCUT2D eigenvalue weighted by atomic mass is 9.33. The summed E-state index contributed by atoms with van der Waals surface area (Å²) >= 11 is 0. The third-order valence-electron chi connectivity index (χ3n) is 18.5. The first-order chi connectivity index (χ1) is 28.0. The Hall–Kier alpha value is -1.19. The van der Waals surface area contributed by atoms with Gasteiger partial charge in [0.15, 0.2) is 12.6 Å². The van der Waals surface area contributed by atoms with Crippen LogP contribution in [0, 0.1) is 50.2 Å². The molecule has 0 aromatic rings. The molecule has 7 rings (SSSR count). The van der Waals surface area contributed by atoms with Crippen LogP contribution in [0.2, 0.25) is 0 Å². The quantitative estimate of drug-likeness (QED) is 0.0623. The maximum absolute atomic E-state index is 14.5. The predicted octanol–water partition coefficient (Wildman–Crippen LogP) is 5.95. The summed E-state index contributed by atoms with van der Waals surface area (Å²) < 4.78 is 30.0. The molecule has 0 radical (unpaired) electrons. The second kappa shape index (κ2) is 17.0. The van der Waals surface area contributed by atoms with E-state index in [1.807, 2.05) is 0 Å². The number of hydrogen-bond donors (Lipinski definition) is 6. The SMILES string of the molecule is C[C@@H]1O[C@@H](OCCCCCCOC(=O)[C@]23CCC(C)(C)C[C@H]2C2=CC[C@@H]4[C@@]5(C)CC[C@H](O[C@@H]6O[C@@H](C)[C@H](O)[C@@H](O)[C@H]6O)C(C)(C)[C@@H]5CC[C@@]4(C)[C@]2(C)CC3)[C@H](O)[C@H](O)[C@H]1O. The fourth-order valence-electron chi connectivity index (χ4n) is 14.3. The fraction of sp³-hybridized carbons (Fsp3) is 0.938. The number of aliphatic hydroxyl groups excluding tert-OH is 6. The van der Waals surface area contributed by atoms with E-state index in [1.54, 1.807) is 13.8 Å². The summed E-state index contributed by atoms with van der Waals surface area (Å²) in [6, 6.07) is 0. The van der Waals surface area contributed by atoms with E-state index in [-0.39, 0.29) is 45.1 Å². The number of fused-ring (bicyclic) bond motifs is 7. The number of esters is 1. The Morgan fingerprint density at radius 1 is 0.683 bits per heavy atom. The van der Waals surface area contributed by atoms with Crippen molar-refractivity contribution < 1.29 is 59.1 Å². The molecule has 2 saturated heterocycles. The van der Waals surface area contributed by atoms with Crippen molar-refractivity contribution in [2.45, 2.75) is 220 Å². The Morgan fingerprint density at radius 3 is 1.95 bits per heavy atom. The summed E-state index contributed by atoms with van der Waals surface area (Å²) in [5, 5.41) is 61.8. The van der Waals surface area contributed by atoms with E-state index in [4.69, 9.17) is 23.7 Å². The van der Waals surface area contributed by atoms with Gasteiger partial charge in [-0.25, -0.2) is 0 Å². The molecule has 2 aliphatic heterocycles. The average Bonchev–Trinajstić information content (AvgIpc) is 3.19. The third kappa shape index (κ3) is 7.78. The minimum Gasteiger partial charge on any atom is -0.465 e. The van der Waals surface area contributed by atoms with Crippen molar-refractivity contribution in [1.82, 2.24) is 0 Å². The van der Waals surface area contributed by atoms with E-state index in [0.717, 1.165) is 89.9 Å². The zero-order chi connectivity index (χ0) is 43.8. The summed E-state index contributed by atoms with van der Waals surface area (Å²) in [6.45, 7) is 21.1. The standard InChI is InChI=1S/C48H80O12/c1-27-34(49)36(51)38(53)40(58-27)56-24-12-10-11-13-25-57-42(55)48-22-20-43(3,4)26-30(48)29-14-15-32-45(7)18-17-33(60-41-39(54)37(52)35(50)28(2)59-41)44(5,6)31(45)16-19-47(32,9)46(29,8)21-23-48/h14,27-28,30-41,49-54H,10-13,15-26H2,1-9H3/t27-,28-,30-,31-,32+,33-,34-,35-,36+,37+,38+,39+,40+,41-,45-,46+,47+,48-/m0/s1. The minimum atomic E-state index is -1.32. The van der Waals surface area contributed by atoms with Gasteiger partial charge >= 0.3 is 5.97 Å². The van der Waals surface area contributed by atoms with Crippen LogP contribution in [0.15, 0.2) is 11.6 Å². The molecule has 0 aromatic heterocycles. The molecule has 0 amide bonds. The molecule has 12 nitrogen and oxygen atoms in total. The molecule has 18 atom stereocenters. The Balaban J connectivity index is 0.995. The predicted molar refractivity (Wildman–Crippen MR) is 224 cm³/mol. The summed E-state index contributed by atoms with van der Waals surface area (Å²) in [4.78, 5) is 14.5. The van der Waals surface area contributed by atoms with Gasteiger partial charge in [-0.2, -0.15) is 0 Å². The van der Waals surface area contributed by atoms with Gasteiger partial charge in [-0.15, -0.1) is 0 Å². The number of aliphatic hydroxyl groups is 6. The highest BCUT2D eigenvalue weighted by Gasteiger charge is 2.69. The van der Waals surface area contributed by atoms with Gasteiger partial charge in [0.25, 0.3) is 0 Å². The Kier molecular flexibility index (Phi) is 13.2. The van der Waals surface area contributed by atoms with Crippen LogP contribution in [0.4, 0.5) is 0 Å². The van der Waals surface area contributed by atoms with Crippen molar-refractivity contribution in [3.05, 3.63) is 11.6 Å². The average molecular weight is 849 g/mol. The van der Waals surface area contributed by atoms with Crippen molar-refractivity contribution in [3.8, 4) is 0 Å². The molecule has 12 heteroatoms. The van der Waals surface area contributed by atoms with E-state index in [1.165, 1.54) is 5.57 Å². The summed E-state index contributed by atoms with van der Waals surface area (Å²) in [5.41, 5.74) is 1.03. The zero-order valence-corrected chi connectivity index (χ0v) is 38.1. The molecule has 0 aromatic carbocycles.